The largest absolute Gasteiger partial charge is 0.416 e. The molecule has 7 heteroatoms. The average Bonchev–Trinajstić information content (AvgIpc) is 3.08. The average molecular weight is 417 g/mol. The minimum Gasteiger partial charge on any atom is -0.356 e. The molecule has 0 saturated carbocycles. The molecule has 1 aromatic carbocycles. The van der Waals surface area contributed by atoms with Crippen LogP contribution in [0, 0.1) is 12.8 Å². The Balaban J connectivity index is 1.97. The standard InChI is InChI=1S/C23H26F3N3O/c1-15(2)7-9-27-22(30)13-19(17-5-4-6-18(12-17)23(24,25)26)20-14-28-21-11-16(3)8-10-29(20)21/h4-6,8,10-12,14-15,19H,7,9,13H2,1-3H3,(H,27,30). The third-order valence-electron chi connectivity index (χ3n) is 5.10. The van der Waals surface area contributed by atoms with E-state index in [2.05, 4.69) is 24.1 Å². The van der Waals surface area contributed by atoms with E-state index in [4.69, 9.17) is 0 Å². The van der Waals surface area contributed by atoms with Gasteiger partial charge in [0.05, 0.1) is 11.3 Å². The Labute approximate surface area is 174 Å². The molecule has 0 fully saturated rings. The van der Waals surface area contributed by atoms with Gasteiger partial charge < -0.3 is 9.72 Å². The zero-order valence-electron chi connectivity index (χ0n) is 17.3. The lowest BCUT2D eigenvalue weighted by molar-refractivity contribution is -0.137. The molecule has 0 radical (unpaired) electrons. The molecule has 4 nitrogen and oxygen atoms in total. The van der Waals surface area contributed by atoms with Crippen molar-refractivity contribution in [2.24, 2.45) is 5.92 Å². The molecule has 0 aliphatic rings. The first-order valence-electron chi connectivity index (χ1n) is 10.0. The van der Waals surface area contributed by atoms with Gasteiger partial charge in [-0.2, -0.15) is 13.2 Å². The third kappa shape index (κ3) is 5.20. The van der Waals surface area contributed by atoms with Gasteiger partial charge >= 0.3 is 6.18 Å². The number of halogens is 3. The van der Waals surface area contributed by atoms with E-state index in [1.165, 1.54) is 6.07 Å². The first kappa shape index (κ1) is 21.9. The van der Waals surface area contributed by atoms with Crippen molar-refractivity contribution in [1.82, 2.24) is 14.7 Å². The fourth-order valence-electron chi connectivity index (χ4n) is 3.44. The quantitative estimate of drug-likeness (QED) is 0.564. The number of carbonyl (C=O) groups is 1. The number of aromatic nitrogens is 2. The fraction of sp³-hybridized carbons (Fsp3) is 0.391. The summed E-state index contributed by atoms with van der Waals surface area (Å²) in [6.45, 7) is 6.62. The van der Waals surface area contributed by atoms with Gasteiger partial charge in [0, 0.05) is 31.3 Å². The third-order valence-corrected chi connectivity index (χ3v) is 5.10. The molecule has 1 amide bonds. The number of benzene rings is 1. The van der Waals surface area contributed by atoms with E-state index < -0.39 is 17.7 Å². The van der Waals surface area contributed by atoms with Gasteiger partial charge in [-0.1, -0.05) is 32.0 Å². The highest BCUT2D eigenvalue weighted by molar-refractivity contribution is 5.77. The monoisotopic (exact) mass is 417 g/mol. The van der Waals surface area contributed by atoms with E-state index in [-0.39, 0.29) is 12.3 Å². The molecule has 30 heavy (non-hydrogen) atoms. The Morgan fingerprint density at radius 3 is 2.67 bits per heavy atom. The minimum absolute atomic E-state index is 0.0427. The van der Waals surface area contributed by atoms with Crippen molar-refractivity contribution < 1.29 is 18.0 Å². The molecule has 3 rings (SSSR count). The van der Waals surface area contributed by atoms with E-state index in [1.54, 1.807) is 12.3 Å². The molecule has 0 aliphatic carbocycles. The number of aryl methyl sites for hydroxylation is 1. The topological polar surface area (TPSA) is 46.4 Å². The zero-order chi connectivity index (χ0) is 21.9. The van der Waals surface area contributed by atoms with Gasteiger partial charge in [-0.25, -0.2) is 4.98 Å². The molecular weight excluding hydrogens is 391 g/mol. The molecule has 0 spiro atoms. The van der Waals surface area contributed by atoms with Crippen LogP contribution in [0.5, 0.6) is 0 Å². The molecule has 1 unspecified atom stereocenters. The van der Waals surface area contributed by atoms with Gasteiger partial charge in [0.15, 0.2) is 0 Å². The smallest absolute Gasteiger partial charge is 0.356 e. The number of nitrogens with one attached hydrogen (secondary N) is 1. The maximum absolute atomic E-state index is 13.3. The summed E-state index contributed by atoms with van der Waals surface area (Å²) in [7, 11) is 0. The molecule has 1 atom stereocenters. The lowest BCUT2D eigenvalue weighted by Crippen LogP contribution is -2.27. The van der Waals surface area contributed by atoms with Gasteiger partial charge in [0.25, 0.3) is 0 Å². The Bertz CT molecular complexity index is 1020. The second kappa shape index (κ2) is 8.90. The molecule has 0 saturated heterocycles. The predicted octanol–water partition coefficient (Wildman–Crippen LogP) is 5.35. The van der Waals surface area contributed by atoms with E-state index >= 15 is 0 Å². The van der Waals surface area contributed by atoms with Gasteiger partial charge in [-0.15, -0.1) is 0 Å². The summed E-state index contributed by atoms with van der Waals surface area (Å²) in [6.07, 6.45) is -0.0853. The normalized spacial score (nSPS) is 13.0. The number of fused-ring (bicyclic) bond motifs is 1. The van der Waals surface area contributed by atoms with E-state index in [9.17, 15) is 18.0 Å². The Morgan fingerprint density at radius 2 is 1.97 bits per heavy atom. The Hall–Kier alpha value is -2.83. The molecule has 2 aromatic heterocycles. The first-order chi connectivity index (χ1) is 14.1. The Morgan fingerprint density at radius 1 is 1.20 bits per heavy atom. The van der Waals surface area contributed by atoms with Crippen LogP contribution in [0.4, 0.5) is 13.2 Å². The van der Waals surface area contributed by atoms with Gasteiger partial charge in [-0.05, 0) is 48.6 Å². The summed E-state index contributed by atoms with van der Waals surface area (Å²) in [4.78, 5) is 17.0. The maximum atomic E-state index is 13.3. The van der Waals surface area contributed by atoms with E-state index in [0.29, 0.717) is 29.4 Å². The number of nitrogens with zero attached hydrogens (tertiary/aromatic N) is 2. The molecule has 0 bridgehead atoms. The fourth-order valence-corrected chi connectivity index (χ4v) is 3.44. The molecule has 160 valence electrons. The van der Waals surface area contributed by atoms with Crippen LogP contribution < -0.4 is 5.32 Å². The van der Waals surface area contributed by atoms with Crippen LogP contribution in [0.2, 0.25) is 0 Å². The van der Waals surface area contributed by atoms with Gasteiger partial charge in [-0.3, -0.25) is 4.79 Å². The second-order valence-electron chi connectivity index (χ2n) is 8.03. The van der Waals surface area contributed by atoms with Crippen molar-refractivity contribution in [3.8, 4) is 0 Å². The number of alkyl halides is 3. The number of rotatable bonds is 7. The highest BCUT2D eigenvalue weighted by atomic mass is 19.4. The first-order valence-corrected chi connectivity index (χ1v) is 10.0. The summed E-state index contributed by atoms with van der Waals surface area (Å²) in [5.74, 6) is -0.296. The number of pyridine rings is 1. The van der Waals surface area contributed by atoms with E-state index in [1.807, 2.05) is 29.7 Å². The molecular formula is C23H26F3N3O. The van der Waals surface area contributed by atoms with E-state index in [0.717, 1.165) is 24.1 Å². The van der Waals surface area contributed by atoms with Gasteiger partial charge in [0.1, 0.15) is 5.65 Å². The molecule has 2 heterocycles. The zero-order valence-corrected chi connectivity index (χ0v) is 17.3. The number of amides is 1. The Kier molecular flexibility index (Phi) is 6.48. The van der Waals surface area contributed by atoms with Gasteiger partial charge in [0.2, 0.25) is 5.91 Å². The molecule has 3 aromatic rings. The molecule has 1 N–H and O–H groups in total. The number of imidazole rings is 1. The van der Waals surface area contributed by atoms with Crippen LogP contribution in [0.3, 0.4) is 0 Å². The molecule has 0 aliphatic heterocycles. The second-order valence-corrected chi connectivity index (χ2v) is 8.03. The SMILES string of the molecule is Cc1ccn2c(C(CC(=O)NCCC(C)C)c3cccc(C(F)(F)F)c3)cnc2c1. The lowest BCUT2D eigenvalue weighted by Gasteiger charge is -2.19. The number of hydrogen-bond acceptors (Lipinski definition) is 2. The summed E-state index contributed by atoms with van der Waals surface area (Å²) in [5, 5.41) is 2.89. The van der Waals surface area contributed by atoms with Crippen LogP contribution in [0.15, 0.2) is 48.8 Å². The van der Waals surface area contributed by atoms with Crippen LogP contribution in [0.25, 0.3) is 5.65 Å². The van der Waals surface area contributed by atoms with Crippen molar-refractivity contribution in [1.29, 1.82) is 0 Å². The van der Waals surface area contributed by atoms with Crippen LogP contribution in [-0.4, -0.2) is 21.8 Å². The van der Waals surface area contributed by atoms with Crippen LogP contribution in [-0.2, 0) is 11.0 Å². The summed E-state index contributed by atoms with van der Waals surface area (Å²) < 4.78 is 41.7. The summed E-state index contributed by atoms with van der Waals surface area (Å²) in [5.41, 5.74) is 2.12. The highest BCUT2D eigenvalue weighted by Gasteiger charge is 2.32. The summed E-state index contributed by atoms with van der Waals surface area (Å²) >= 11 is 0. The maximum Gasteiger partial charge on any atom is 0.416 e. The van der Waals surface area contributed by atoms with Crippen LogP contribution in [0.1, 0.15) is 55.0 Å². The summed E-state index contributed by atoms with van der Waals surface area (Å²) in [6, 6.07) is 8.99. The lowest BCUT2D eigenvalue weighted by atomic mass is 9.91. The van der Waals surface area contributed by atoms with Crippen molar-refractivity contribution in [3.63, 3.8) is 0 Å². The minimum atomic E-state index is -4.45. The van der Waals surface area contributed by atoms with Crippen molar-refractivity contribution in [2.45, 2.75) is 45.7 Å². The predicted molar refractivity (Wildman–Crippen MR) is 110 cm³/mol. The number of carbonyl (C=O) groups excluding carboxylic acids is 1. The van der Waals surface area contributed by atoms with Crippen LogP contribution >= 0.6 is 0 Å². The van der Waals surface area contributed by atoms with Crippen molar-refractivity contribution >= 4 is 11.6 Å². The highest BCUT2D eigenvalue weighted by Crippen LogP contribution is 2.34. The number of hydrogen-bond donors (Lipinski definition) is 1. The van der Waals surface area contributed by atoms with Crippen molar-refractivity contribution in [2.75, 3.05) is 6.54 Å². The van der Waals surface area contributed by atoms with Crippen molar-refractivity contribution in [3.05, 3.63) is 71.2 Å².